The molecular weight excluding hydrogens is 158 g/mol. The smallest absolute Gasteiger partial charge is 0.00419 e. The summed E-state index contributed by atoms with van der Waals surface area (Å²) in [6.07, 6.45) is 2.15. The summed E-state index contributed by atoms with van der Waals surface area (Å²) in [6, 6.07) is 10.9. The molecule has 1 aromatic rings. The first kappa shape index (κ1) is 10.3. The van der Waals surface area contributed by atoms with Crippen molar-refractivity contribution in [3.63, 3.8) is 0 Å². The molecule has 13 heavy (non-hydrogen) atoms. The van der Waals surface area contributed by atoms with Gasteiger partial charge in [0, 0.05) is 6.04 Å². The molecule has 0 aliphatic rings. The van der Waals surface area contributed by atoms with Crippen molar-refractivity contribution in [2.75, 3.05) is 0 Å². The molecule has 0 saturated heterocycles. The summed E-state index contributed by atoms with van der Waals surface area (Å²) in [6.45, 7) is 4.38. The Morgan fingerprint density at radius 3 is 2.38 bits per heavy atom. The monoisotopic (exact) mass is 177 g/mol. The van der Waals surface area contributed by atoms with Gasteiger partial charge in [-0.2, -0.15) is 0 Å². The minimum atomic E-state index is 0.343. The molecule has 1 heteroatoms. The van der Waals surface area contributed by atoms with Gasteiger partial charge < -0.3 is 5.73 Å². The molecule has 0 spiro atoms. The van der Waals surface area contributed by atoms with Crippen LogP contribution in [0.15, 0.2) is 30.3 Å². The maximum absolute atomic E-state index is 5.91. The summed E-state index contributed by atoms with van der Waals surface area (Å²) in [7, 11) is 0. The minimum absolute atomic E-state index is 0.343. The highest BCUT2D eigenvalue weighted by molar-refractivity contribution is 5.18. The van der Waals surface area contributed by atoms with E-state index in [0.717, 1.165) is 12.8 Å². The van der Waals surface area contributed by atoms with Gasteiger partial charge in [-0.15, -0.1) is 0 Å². The zero-order chi connectivity index (χ0) is 9.68. The molecule has 0 aliphatic carbocycles. The fourth-order valence-electron chi connectivity index (χ4n) is 1.54. The van der Waals surface area contributed by atoms with E-state index < -0.39 is 0 Å². The van der Waals surface area contributed by atoms with Crippen LogP contribution in [-0.4, -0.2) is 6.04 Å². The Balaban J connectivity index is 2.53. The maximum Gasteiger partial charge on any atom is 0.00419 e. The quantitative estimate of drug-likeness (QED) is 0.752. The molecule has 2 atom stereocenters. The molecule has 1 nitrogen and oxygen atoms in total. The van der Waals surface area contributed by atoms with E-state index in [1.54, 1.807) is 0 Å². The Kier molecular flexibility index (Phi) is 3.97. The summed E-state index contributed by atoms with van der Waals surface area (Å²) in [4.78, 5) is 0. The number of rotatable bonds is 4. The van der Waals surface area contributed by atoms with Crippen LogP contribution in [0.1, 0.15) is 38.2 Å². The minimum Gasteiger partial charge on any atom is -0.328 e. The molecule has 0 radical (unpaired) electrons. The highest BCUT2D eigenvalue weighted by Gasteiger charge is 2.08. The molecule has 2 N–H and O–H groups in total. The average molecular weight is 177 g/mol. The highest BCUT2D eigenvalue weighted by Crippen LogP contribution is 2.20. The molecule has 0 aromatic heterocycles. The molecule has 0 amide bonds. The second-order valence-corrected chi connectivity index (χ2v) is 3.72. The standard InChI is InChI=1S/C12H19N/c1-3-12(13)9-10(2)11-7-5-4-6-8-11/h4-8,10,12H,3,9,13H2,1-2H3/t10-,12?/m1/s1. The first-order chi connectivity index (χ1) is 6.24. The highest BCUT2D eigenvalue weighted by atomic mass is 14.6. The van der Waals surface area contributed by atoms with Gasteiger partial charge in [0.15, 0.2) is 0 Å². The molecule has 0 fully saturated rings. The number of benzene rings is 1. The maximum atomic E-state index is 5.91. The topological polar surface area (TPSA) is 26.0 Å². The van der Waals surface area contributed by atoms with Crippen LogP contribution in [0.2, 0.25) is 0 Å². The van der Waals surface area contributed by atoms with Crippen molar-refractivity contribution in [2.24, 2.45) is 5.73 Å². The fraction of sp³-hybridized carbons (Fsp3) is 0.500. The molecule has 72 valence electrons. The second kappa shape index (κ2) is 5.03. The van der Waals surface area contributed by atoms with Gasteiger partial charge in [0.25, 0.3) is 0 Å². The van der Waals surface area contributed by atoms with Crippen molar-refractivity contribution >= 4 is 0 Å². The van der Waals surface area contributed by atoms with Crippen LogP contribution in [0.25, 0.3) is 0 Å². The van der Waals surface area contributed by atoms with E-state index in [0.29, 0.717) is 12.0 Å². The third-order valence-corrected chi connectivity index (χ3v) is 2.55. The van der Waals surface area contributed by atoms with Gasteiger partial charge in [-0.25, -0.2) is 0 Å². The van der Waals surface area contributed by atoms with Crippen molar-refractivity contribution in [3.05, 3.63) is 35.9 Å². The van der Waals surface area contributed by atoms with E-state index in [1.807, 2.05) is 0 Å². The summed E-state index contributed by atoms with van der Waals surface area (Å²) < 4.78 is 0. The molecule has 1 unspecified atom stereocenters. The van der Waals surface area contributed by atoms with E-state index in [1.165, 1.54) is 5.56 Å². The van der Waals surface area contributed by atoms with Crippen LogP contribution in [0, 0.1) is 0 Å². The molecular formula is C12H19N. The van der Waals surface area contributed by atoms with Gasteiger partial charge in [0.05, 0.1) is 0 Å². The summed E-state index contributed by atoms with van der Waals surface area (Å²) in [5, 5.41) is 0. The Morgan fingerprint density at radius 1 is 1.23 bits per heavy atom. The first-order valence-corrected chi connectivity index (χ1v) is 5.04. The van der Waals surface area contributed by atoms with Crippen LogP contribution in [-0.2, 0) is 0 Å². The zero-order valence-electron chi connectivity index (χ0n) is 8.53. The SMILES string of the molecule is CCC(N)C[C@@H](C)c1ccccc1. The molecule has 0 bridgehead atoms. The van der Waals surface area contributed by atoms with Crippen LogP contribution in [0.5, 0.6) is 0 Å². The predicted molar refractivity (Wildman–Crippen MR) is 57.7 cm³/mol. The average Bonchev–Trinajstić information content (AvgIpc) is 2.19. The van der Waals surface area contributed by atoms with Gasteiger partial charge >= 0.3 is 0 Å². The third-order valence-electron chi connectivity index (χ3n) is 2.55. The Morgan fingerprint density at radius 2 is 1.85 bits per heavy atom. The Bertz CT molecular complexity index is 230. The van der Waals surface area contributed by atoms with Gasteiger partial charge in [-0.3, -0.25) is 0 Å². The van der Waals surface area contributed by atoms with Crippen LogP contribution >= 0.6 is 0 Å². The predicted octanol–water partition coefficient (Wildman–Crippen LogP) is 2.92. The lowest BCUT2D eigenvalue weighted by Gasteiger charge is -2.15. The van der Waals surface area contributed by atoms with E-state index in [-0.39, 0.29) is 0 Å². The second-order valence-electron chi connectivity index (χ2n) is 3.72. The van der Waals surface area contributed by atoms with E-state index in [4.69, 9.17) is 5.73 Å². The van der Waals surface area contributed by atoms with E-state index in [2.05, 4.69) is 44.2 Å². The van der Waals surface area contributed by atoms with Crippen LogP contribution < -0.4 is 5.73 Å². The Hall–Kier alpha value is -0.820. The van der Waals surface area contributed by atoms with Crippen molar-refractivity contribution in [2.45, 2.75) is 38.6 Å². The van der Waals surface area contributed by atoms with Crippen LogP contribution in [0.4, 0.5) is 0 Å². The first-order valence-electron chi connectivity index (χ1n) is 5.04. The molecule has 1 rings (SSSR count). The number of hydrogen-bond acceptors (Lipinski definition) is 1. The van der Waals surface area contributed by atoms with Gasteiger partial charge in [-0.1, -0.05) is 44.2 Å². The Labute approximate surface area is 81.0 Å². The van der Waals surface area contributed by atoms with Crippen LogP contribution in [0.3, 0.4) is 0 Å². The largest absolute Gasteiger partial charge is 0.328 e. The van der Waals surface area contributed by atoms with Crippen molar-refractivity contribution in [1.82, 2.24) is 0 Å². The van der Waals surface area contributed by atoms with Crippen molar-refractivity contribution in [3.8, 4) is 0 Å². The lowest BCUT2D eigenvalue weighted by atomic mass is 9.93. The van der Waals surface area contributed by atoms with E-state index >= 15 is 0 Å². The summed E-state index contributed by atoms with van der Waals surface area (Å²) in [5.74, 6) is 0.580. The molecule has 1 aromatic carbocycles. The van der Waals surface area contributed by atoms with Crippen molar-refractivity contribution < 1.29 is 0 Å². The van der Waals surface area contributed by atoms with Crippen molar-refractivity contribution in [1.29, 1.82) is 0 Å². The molecule has 0 saturated carbocycles. The third kappa shape index (κ3) is 3.19. The normalized spacial score (nSPS) is 15.3. The van der Waals surface area contributed by atoms with Gasteiger partial charge in [-0.05, 0) is 24.3 Å². The lowest BCUT2D eigenvalue weighted by molar-refractivity contribution is 0.538. The summed E-state index contributed by atoms with van der Waals surface area (Å²) >= 11 is 0. The fourth-order valence-corrected chi connectivity index (χ4v) is 1.54. The molecule has 0 heterocycles. The van der Waals surface area contributed by atoms with Gasteiger partial charge in [0.1, 0.15) is 0 Å². The number of hydrogen-bond donors (Lipinski definition) is 1. The number of nitrogens with two attached hydrogens (primary N) is 1. The molecule has 0 aliphatic heterocycles. The zero-order valence-corrected chi connectivity index (χ0v) is 8.53. The van der Waals surface area contributed by atoms with E-state index in [9.17, 15) is 0 Å². The lowest BCUT2D eigenvalue weighted by Crippen LogP contribution is -2.20. The van der Waals surface area contributed by atoms with Gasteiger partial charge in [0.2, 0.25) is 0 Å². The summed E-state index contributed by atoms with van der Waals surface area (Å²) in [5.41, 5.74) is 7.31.